The molecule has 32 heavy (non-hydrogen) atoms. The number of hydrogen-bond donors (Lipinski definition) is 3. The monoisotopic (exact) mass is 448 g/mol. The van der Waals surface area contributed by atoms with Gasteiger partial charge in [0.2, 0.25) is 0 Å². The lowest BCUT2D eigenvalue weighted by Gasteiger charge is -2.37. The van der Waals surface area contributed by atoms with Crippen molar-refractivity contribution in [3.8, 4) is 11.5 Å². The highest BCUT2D eigenvalue weighted by Crippen LogP contribution is 2.50. The van der Waals surface area contributed by atoms with Crippen LogP contribution in [0.2, 0.25) is 0 Å². The van der Waals surface area contributed by atoms with E-state index in [-0.39, 0.29) is 28.5 Å². The first-order valence-corrected chi connectivity index (χ1v) is 12.0. The van der Waals surface area contributed by atoms with E-state index in [1.165, 1.54) is 7.11 Å². The predicted molar refractivity (Wildman–Crippen MR) is 125 cm³/mol. The number of phenolic OH excluding ortho intramolecular Hbond substituents is 1. The Kier molecular flexibility index (Phi) is 5.06. The molecule has 0 spiro atoms. The van der Waals surface area contributed by atoms with Crippen LogP contribution in [0.15, 0.2) is 83.8 Å². The summed E-state index contributed by atoms with van der Waals surface area (Å²) in [5.41, 5.74) is 3.44. The Bertz CT molecular complexity index is 1290. The number of rotatable bonds is 5. The SMILES string of the molecule is COc1cc(C2Nc3ccc(S(=O)(=O)Nc4ccccc4)cc3C3C=CCC32)ccc1O. The van der Waals surface area contributed by atoms with Crippen LogP contribution in [-0.4, -0.2) is 20.6 Å². The fourth-order valence-corrected chi connectivity index (χ4v) is 5.77. The quantitative estimate of drug-likeness (QED) is 0.477. The molecule has 3 unspecified atom stereocenters. The number of methoxy groups -OCH3 is 1. The molecular weight excluding hydrogens is 424 g/mol. The normalized spacial score (nSPS) is 21.3. The summed E-state index contributed by atoms with van der Waals surface area (Å²) in [6.07, 6.45) is 5.19. The third-order valence-corrected chi connectivity index (χ3v) is 7.61. The standard InChI is InChI=1S/C25H24N2O4S/c1-31-24-14-16(10-13-23(24)28)25-20-9-5-8-19(20)21-15-18(11-12-22(21)26-25)32(29,30)27-17-6-3-2-4-7-17/h2-8,10-15,19-20,25-28H,9H2,1H3. The fourth-order valence-electron chi connectivity index (χ4n) is 4.68. The molecule has 3 aromatic carbocycles. The Labute approximate surface area is 187 Å². The van der Waals surface area contributed by atoms with Gasteiger partial charge in [0.1, 0.15) is 0 Å². The second-order valence-electron chi connectivity index (χ2n) is 8.13. The highest BCUT2D eigenvalue weighted by molar-refractivity contribution is 7.92. The summed E-state index contributed by atoms with van der Waals surface area (Å²) in [4.78, 5) is 0.241. The number of ether oxygens (including phenoxy) is 1. The lowest BCUT2D eigenvalue weighted by molar-refractivity contribution is 0.370. The number of anilines is 2. The number of para-hydroxylation sites is 1. The first-order chi connectivity index (χ1) is 15.5. The van der Waals surface area contributed by atoms with Gasteiger partial charge in [0.25, 0.3) is 10.0 Å². The molecular formula is C25H24N2O4S. The van der Waals surface area contributed by atoms with Crippen molar-refractivity contribution in [2.24, 2.45) is 5.92 Å². The van der Waals surface area contributed by atoms with Crippen molar-refractivity contribution in [2.75, 3.05) is 17.1 Å². The summed E-state index contributed by atoms with van der Waals surface area (Å²) < 4.78 is 33.9. The Morgan fingerprint density at radius 1 is 1.06 bits per heavy atom. The average molecular weight is 449 g/mol. The average Bonchev–Trinajstić information content (AvgIpc) is 3.29. The second-order valence-corrected chi connectivity index (χ2v) is 9.81. The molecule has 164 valence electrons. The molecule has 5 rings (SSSR count). The van der Waals surface area contributed by atoms with Crippen LogP contribution in [0.3, 0.4) is 0 Å². The molecule has 0 aromatic heterocycles. The van der Waals surface area contributed by atoms with Gasteiger partial charge in [-0.05, 0) is 65.9 Å². The van der Waals surface area contributed by atoms with Gasteiger partial charge in [-0.1, -0.05) is 36.4 Å². The molecule has 0 bridgehead atoms. The van der Waals surface area contributed by atoms with Crippen LogP contribution in [-0.2, 0) is 10.0 Å². The van der Waals surface area contributed by atoms with Gasteiger partial charge >= 0.3 is 0 Å². The molecule has 3 aromatic rings. The number of sulfonamides is 1. The highest BCUT2D eigenvalue weighted by Gasteiger charge is 2.38. The molecule has 0 saturated heterocycles. The number of phenols is 1. The van der Waals surface area contributed by atoms with E-state index in [2.05, 4.69) is 22.2 Å². The van der Waals surface area contributed by atoms with Crippen molar-refractivity contribution in [3.63, 3.8) is 0 Å². The van der Waals surface area contributed by atoms with E-state index in [1.807, 2.05) is 24.3 Å². The van der Waals surface area contributed by atoms with Gasteiger partial charge in [-0.3, -0.25) is 4.72 Å². The van der Waals surface area contributed by atoms with E-state index >= 15 is 0 Å². The van der Waals surface area contributed by atoms with E-state index < -0.39 is 10.0 Å². The number of benzene rings is 3. The second kappa shape index (κ2) is 7.91. The third-order valence-electron chi connectivity index (χ3n) is 6.23. The van der Waals surface area contributed by atoms with Gasteiger partial charge in [0.05, 0.1) is 18.0 Å². The maximum absolute atomic E-state index is 13.0. The van der Waals surface area contributed by atoms with Crippen molar-refractivity contribution in [1.29, 1.82) is 0 Å². The molecule has 3 atom stereocenters. The van der Waals surface area contributed by atoms with Crippen molar-refractivity contribution in [2.45, 2.75) is 23.3 Å². The minimum absolute atomic E-state index is 0.0156. The first-order valence-electron chi connectivity index (χ1n) is 10.5. The zero-order valence-corrected chi connectivity index (χ0v) is 18.3. The lowest BCUT2D eigenvalue weighted by Crippen LogP contribution is -2.29. The first kappa shape index (κ1) is 20.5. The van der Waals surface area contributed by atoms with Crippen LogP contribution in [0.4, 0.5) is 11.4 Å². The van der Waals surface area contributed by atoms with Crippen LogP contribution < -0.4 is 14.8 Å². The molecule has 7 heteroatoms. The molecule has 3 N–H and O–H groups in total. The fraction of sp³-hybridized carbons (Fsp3) is 0.200. The van der Waals surface area contributed by atoms with Crippen molar-refractivity contribution in [3.05, 3.63) is 90.0 Å². The summed E-state index contributed by atoms with van der Waals surface area (Å²) in [7, 11) is -2.17. The van der Waals surface area contributed by atoms with Gasteiger partial charge < -0.3 is 15.2 Å². The van der Waals surface area contributed by atoms with Crippen LogP contribution in [0.1, 0.15) is 29.5 Å². The van der Waals surface area contributed by atoms with Crippen molar-refractivity contribution in [1.82, 2.24) is 0 Å². The van der Waals surface area contributed by atoms with E-state index in [4.69, 9.17) is 4.74 Å². The topological polar surface area (TPSA) is 87.7 Å². The predicted octanol–water partition coefficient (Wildman–Crippen LogP) is 5.03. The third kappa shape index (κ3) is 3.58. The van der Waals surface area contributed by atoms with Crippen molar-refractivity contribution < 1.29 is 18.3 Å². The summed E-state index contributed by atoms with van der Waals surface area (Å²) in [5.74, 6) is 0.875. The van der Waals surface area contributed by atoms with Gasteiger partial charge in [-0.15, -0.1) is 0 Å². The molecule has 1 aliphatic carbocycles. The summed E-state index contributed by atoms with van der Waals surface area (Å²) >= 11 is 0. The zero-order valence-electron chi connectivity index (χ0n) is 17.5. The van der Waals surface area contributed by atoms with Gasteiger partial charge in [-0.25, -0.2) is 8.42 Å². The smallest absolute Gasteiger partial charge is 0.261 e. The lowest BCUT2D eigenvalue weighted by atomic mass is 9.77. The summed E-state index contributed by atoms with van der Waals surface area (Å²) in [6, 6.07) is 19.5. The summed E-state index contributed by atoms with van der Waals surface area (Å²) in [6.45, 7) is 0. The van der Waals surface area contributed by atoms with E-state index in [9.17, 15) is 13.5 Å². The van der Waals surface area contributed by atoms with E-state index in [0.717, 1.165) is 23.2 Å². The van der Waals surface area contributed by atoms with Crippen molar-refractivity contribution >= 4 is 21.4 Å². The van der Waals surface area contributed by atoms with Crippen LogP contribution in [0, 0.1) is 5.92 Å². The number of aromatic hydroxyl groups is 1. The van der Waals surface area contributed by atoms with Crippen LogP contribution in [0.5, 0.6) is 11.5 Å². The minimum atomic E-state index is -3.70. The maximum atomic E-state index is 13.0. The highest BCUT2D eigenvalue weighted by atomic mass is 32.2. The van der Waals surface area contributed by atoms with Crippen LogP contribution >= 0.6 is 0 Å². The van der Waals surface area contributed by atoms with Gasteiger partial charge in [-0.2, -0.15) is 0 Å². The number of fused-ring (bicyclic) bond motifs is 3. The summed E-state index contributed by atoms with van der Waals surface area (Å²) in [5, 5.41) is 13.6. The molecule has 0 radical (unpaired) electrons. The largest absolute Gasteiger partial charge is 0.504 e. The zero-order chi connectivity index (χ0) is 22.3. The Morgan fingerprint density at radius 3 is 2.66 bits per heavy atom. The maximum Gasteiger partial charge on any atom is 0.261 e. The molecule has 1 aliphatic heterocycles. The number of allylic oxidation sites excluding steroid dienone is 2. The Hall–Kier alpha value is -3.45. The van der Waals surface area contributed by atoms with Gasteiger partial charge in [0.15, 0.2) is 11.5 Å². The molecule has 1 heterocycles. The molecule has 6 nitrogen and oxygen atoms in total. The number of nitrogens with one attached hydrogen (secondary N) is 2. The molecule has 0 amide bonds. The van der Waals surface area contributed by atoms with E-state index in [0.29, 0.717) is 11.4 Å². The Morgan fingerprint density at radius 2 is 1.88 bits per heavy atom. The molecule has 0 fully saturated rings. The van der Waals surface area contributed by atoms with E-state index in [1.54, 1.807) is 42.5 Å². The Balaban J connectivity index is 1.50. The number of hydrogen-bond acceptors (Lipinski definition) is 5. The van der Waals surface area contributed by atoms with Gasteiger partial charge in [0, 0.05) is 17.3 Å². The van der Waals surface area contributed by atoms with Crippen LogP contribution in [0.25, 0.3) is 0 Å². The minimum Gasteiger partial charge on any atom is -0.504 e. The molecule has 2 aliphatic rings. The molecule has 0 saturated carbocycles.